The number of aryl methyl sites for hydroxylation is 1. The molecule has 2 rings (SSSR count). The molecule has 3 nitrogen and oxygen atoms in total. The number of halogens is 2. The smallest absolute Gasteiger partial charge is 0.258 e. The highest BCUT2D eigenvalue weighted by Gasteiger charge is 2.12. The summed E-state index contributed by atoms with van der Waals surface area (Å²) in [5, 5.41) is 12.6. The maximum absolute atomic E-state index is 10.8. The van der Waals surface area contributed by atoms with Crippen LogP contribution in [0.1, 0.15) is 5.56 Å². The summed E-state index contributed by atoms with van der Waals surface area (Å²) in [5.41, 5.74) is 0.827. The van der Waals surface area contributed by atoms with Gasteiger partial charge in [-0.05, 0) is 67.8 Å². The number of benzene rings is 2. The number of nitro groups is 1. The largest absolute Gasteiger partial charge is 0.272 e. The van der Waals surface area contributed by atoms with Gasteiger partial charge >= 0.3 is 0 Å². The van der Waals surface area contributed by atoms with Crippen LogP contribution in [0.5, 0.6) is 0 Å². The molecule has 0 spiro atoms. The van der Waals surface area contributed by atoms with E-state index in [0.717, 1.165) is 19.7 Å². The van der Waals surface area contributed by atoms with Crippen LogP contribution in [-0.4, -0.2) is 4.92 Å². The summed E-state index contributed by atoms with van der Waals surface area (Å²) < 4.78 is 1.83. The summed E-state index contributed by atoms with van der Waals surface area (Å²) in [5.74, 6) is 0. The Morgan fingerprint density at radius 3 is 2.06 bits per heavy atom. The summed E-state index contributed by atoms with van der Waals surface area (Å²) in [4.78, 5) is 10.4. The number of nitro benzene ring substituents is 1. The van der Waals surface area contributed by atoms with Crippen LogP contribution < -0.4 is 0 Å². The van der Waals surface area contributed by atoms with E-state index in [9.17, 15) is 10.1 Å². The maximum atomic E-state index is 10.8. The number of rotatable bonds is 1. The van der Waals surface area contributed by atoms with E-state index in [1.807, 2.05) is 18.2 Å². The molecule has 0 N–H and O–H groups in total. The molecule has 0 fully saturated rings. The molecule has 16 heavy (non-hydrogen) atoms. The summed E-state index contributed by atoms with van der Waals surface area (Å²) in [6, 6.07) is 7.23. The Kier molecular flexibility index (Phi) is 2.99. The zero-order valence-electron chi connectivity index (χ0n) is 8.33. The predicted molar refractivity (Wildman–Crippen MR) is 70.7 cm³/mol. The first-order valence-corrected chi connectivity index (χ1v) is 6.11. The van der Waals surface area contributed by atoms with E-state index in [1.165, 1.54) is 0 Å². The van der Waals surface area contributed by atoms with Crippen molar-refractivity contribution in [2.45, 2.75) is 6.92 Å². The zero-order valence-corrected chi connectivity index (χ0v) is 11.5. The summed E-state index contributed by atoms with van der Waals surface area (Å²) >= 11 is 6.79. The molecule has 0 amide bonds. The van der Waals surface area contributed by atoms with E-state index in [2.05, 4.69) is 31.9 Å². The molecule has 0 aromatic heterocycles. The summed E-state index contributed by atoms with van der Waals surface area (Å²) in [7, 11) is 0. The van der Waals surface area contributed by atoms with E-state index < -0.39 is 0 Å². The molecule has 0 saturated heterocycles. The second kappa shape index (κ2) is 4.14. The van der Waals surface area contributed by atoms with Crippen molar-refractivity contribution in [2.75, 3.05) is 0 Å². The lowest BCUT2D eigenvalue weighted by Gasteiger charge is -2.04. The first-order chi connectivity index (χ1) is 7.49. The van der Waals surface area contributed by atoms with E-state index in [-0.39, 0.29) is 10.6 Å². The van der Waals surface area contributed by atoms with Crippen LogP contribution in [0.2, 0.25) is 0 Å². The van der Waals surface area contributed by atoms with Gasteiger partial charge in [0.05, 0.1) is 4.92 Å². The van der Waals surface area contributed by atoms with Crippen molar-refractivity contribution in [3.63, 3.8) is 0 Å². The second-order valence-corrected chi connectivity index (χ2v) is 5.22. The third-order valence-corrected chi connectivity index (χ3v) is 4.24. The van der Waals surface area contributed by atoms with Crippen molar-refractivity contribution in [1.29, 1.82) is 0 Å². The topological polar surface area (TPSA) is 43.1 Å². The third-order valence-electron chi connectivity index (χ3n) is 2.39. The van der Waals surface area contributed by atoms with Gasteiger partial charge in [-0.15, -0.1) is 0 Å². The van der Waals surface area contributed by atoms with Crippen LogP contribution in [0.4, 0.5) is 5.69 Å². The minimum atomic E-state index is -0.356. The standard InChI is InChI=1S/C11H7Br2NO2/c1-6-2-7-3-9(12)10(13)4-8(7)5-11(6)14(15)16/h2-5H,1H3. The van der Waals surface area contributed by atoms with Crippen molar-refractivity contribution >= 4 is 48.3 Å². The molecule has 2 aromatic rings. The van der Waals surface area contributed by atoms with Gasteiger partial charge in [0.15, 0.2) is 0 Å². The molecular weight excluding hydrogens is 338 g/mol. The Hall–Kier alpha value is -0.940. The van der Waals surface area contributed by atoms with Crippen molar-refractivity contribution in [3.8, 4) is 0 Å². The van der Waals surface area contributed by atoms with E-state index in [4.69, 9.17) is 0 Å². The fourth-order valence-corrected chi connectivity index (χ4v) is 2.31. The highest BCUT2D eigenvalue weighted by molar-refractivity contribution is 9.13. The molecule has 0 radical (unpaired) electrons. The van der Waals surface area contributed by atoms with Crippen molar-refractivity contribution in [3.05, 3.63) is 48.9 Å². The van der Waals surface area contributed by atoms with Gasteiger partial charge in [-0.25, -0.2) is 0 Å². The molecule has 0 saturated carbocycles. The van der Waals surface area contributed by atoms with Gasteiger partial charge in [-0.2, -0.15) is 0 Å². The Morgan fingerprint density at radius 2 is 1.56 bits per heavy atom. The van der Waals surface area contributed by atoms with Gasteiger partial charge in [0, 0.05) is 20.6 Å². The SMILES string of the molecule is Cc1cc2cc(Br)c(Br)cc2cc1[N+](=O)[O-]. The van der Waals surface area contributed by atoms with Gasteiger partial charge in [0.25, 0.3) is 5.69 Å². The number of hydrogen-bond donors (Lipinski definition) is 0. The van der Waals surface area contributed by atoms with Crippen LogP contribution in [0, 0.1) is 17.0 Å². The lowest BCUT2D eigenvalue weighted by molar-refractivity contribution is -0.385. The molecule has 82 valence electrons. The quantitative estimate of drug-likeness (QED) is 0.561. The molecule has 0 atom stereocenters. The van der Waals surface area contributed by atoms with Gasteiger partial charge in [-0.1, -0.05) is 0 Å². The minimum absolute atomic E-state index is 0.154. The average molecular weight is 345 g/mol. The Bertz CT molecular complexity index is 596. The molecule has 0 aliphatic heterocycles. The molecule has 0 heterocycles. The Labute approximate surface area is 109 Å². The molecule has 0 bridgehead atoms. The van der Waals surface area contributed by atoms with E-state index >= 15 is 0 Å². The predicted octanol–water partition coefficient (Wildman–Crippen LogP) is 4.58. The first-order valence-electron chi connectivity index (χ1n) is 4.53. The Balaban J connectivity index is 2.79. The van der Waals surface area contributed by atoms with Gasteiger partial charge < -0.3 is 0 Å². The van der Waals surface area contributed by atoms with Crippen molar-refractivity contribution in [1.82, 2.24) is 0 Å². The highest BCUT2D eigenvalue weighted by Crippen LogP contribution is 2.32. The van der Waals surface area contributed by atoms with Crippen LogP contribution in [-0.2, 0) is 0 Å². The summed E-state index contributed by atoms with van der Waals surface area (Å²) in [6.07, 6.45) is 0. The normalized spacial score (nSPS) is 10.7. The lowest BCUT2D eigenvalue weighted by Crippen LogP contribution is -1.91. The highest BCUT2D eigenvalue weighted by atomic mass is 79.9. The van der Waals surface area contributed by atoms with E-state index in [1.54, 1.807) is 13.0 Å². The lowest BCUT2D eigenvalue weighted by atomic mass is 10.1. The van der Waals surface area contributed by atoms with Crippen LogP contribution >= 0.6 is 31.9 Å². The number of fused-ring (bicyclic) bond motifs is 1. The molecule has 0 aliphatic rings. The fraction of sp³-hybridized carbons (Fsp3) is 0.0909. The number of nitrogens with zero attached hydrogens (tertiary/aromatic N) is 1. The van der Waals surface area contributed by atoms with Gasteiger partial charge in [0.1, 0.15) is 0 Å². The fourth-order valence-electron chi connectivity index (χ4n) is 1.59. The van der Waals surface area contributed by atoms with Crippen LogP contribution in [0.3, 0.4) is 0 Å². The minimum Gasteiger partial charge on any atom is -0.258 e. The number of hydrogen-bond acceptors (Lipinski definition) is 2. The Morgan fingerprint density at radius 1 is 1.06 bits per heavy atom. The molecular formula is C11H7Br2NO2. The molecule has 0 aliphatic carbocycles. The monoisotopic (exact) mass is 343 g/mol. The molecule has 0 unspecified atom stereocenters. The van der Waals surface area contributed by atoms with Gasteiger partial charge in [-0.3, -0.25) is 10.1 Å². The van der Waals surface area contributed by atoms with Crippen LogP contribution in [0.25, 0.3) is 10.8 Å². The van der Waals surface area contributed by atoms with Gasteiger partial charge in [0.2, 0.25) is 0 Å². The third kappa shape index (κ3) is 1.97. The van der Waals surface area contributed by atoms with Crippen LogP contribution in [0.15, 0.2) is 33.2 Å². The second-order valence-electron chi connectivity index (χ2n) is 3.51. The van der Waals surface area contributed by atoms with Crippen molar-refractivity contribution < 1.29 is 4.92 Å². The van der Waals surface area contributed by atoms with Crippen molar-refractivity contribution in [2.24, 2.45) is 0 Å². The van der Waals surface area contributed by atoms with E-state index in [0.29, 0.717) is 5.56 Å². The molecule has 5 heteroatoms. The zero-order chi connectivity index (χ0) is 11.9. The molecule has 2 aromatic carbocycles. The average Bonchev–Trinajstić information content (AvgIpc) is 2.19. The first kappa shape index (κ1) is 11.5. The maximum Gasteiger partial charge on any atom is 0.272 e. The summed E-state index contributed by atoms with van der Waals surface area (Å²) in [6.45, 7) is 1.74.